The number of hydrogen-bond acceptors (Lipinski definition) is 5. The van der Waals surface area contributed by atoms with Gasteiger partial charge in [-0.15, -0.1) is 5.10 Å². The van der Waals surface area contributed by atoms with E-state index in [2.05, 4.69) is 51.6 Å². The van der Waals surface area contributed by atoms with E-state index in [4.69, 9.17) is 0 Å². The summed E-state index contributed by atoms with van der Waals surface area (Å²) in [4.78, 5) is 9.72. The minimum absolute atomic E-state index is 0.234. The molecule has 0 aliphatic heterocycles. The molecular weight excluding hydrogens is 342 g/mol. The Hall–Kier alpha value is -2.73. The maximum atomic E-state index is 4.67. The highest BCUT2D eigenvalue weighted by Crippen LogP contribution is 2.37. The van der Waals surface area contributed by atoms with Crippen LogP contribution in [0.1, 0.15) is 18.1 Å². The first-order valence-electron chi connectivity index (χ1n) is 8.76. The SMILES string of the molecule is CC1(CNc2nn3cc(-c4cccnc4)nc3s2)Cc2ccccc2C1. The largest absolute Gasteiger partial charge is 0.360 e. The molecule has 1 aliphatic carbocycles. The summed E-state index contributed by atoms with van der Waals surface area (Å²) in [6.07, 6.45) is 7.78. The number of pyridine rings is 1. The fourth-order valence-corrected chi connectivity index (χ4v) is 4.50. The Morgan fingerprint density at radius 2 is 1.96 bits per heavy atom. The first-order chi connectivity index (χ1) is 12.7. The quantitative estimate of drug-likeness (QED) is 0.595. The van der Waals surface area contributed by atoms with E-state index in [0.717, 1.165) is 40.7 Å². The van der Waals surface area contributed by atoms with Gasteiger partial charge in [0.2, 0.25) is 10.1 Å². The third kappa shape index (κ3) is 2.76. The van der Waals surface area contributed by atoms with Gasteiger partial charge >= 0.3 is 0 Å². The van der Waals surface area contributed by atoms with Crippen molar-refractivity contribution in [2.24, 2.45) is 5.41 Å². The zero-order valence-corrected chi connectivity index (χ0v) is 15.3. The third-order valence-electron chi connectivity index (χ3n) is 5.02. The van der Waals surface area contributed by atoms with Gasteiger partial charge in [-0.1, -0.05) is 42.5 Å². The molecule has 3 heterocycles. The molecule has 0 fully saturated rings. The minimum atomic E-state index is 0.234. The summed E-state index contributed by atoms with van der Waals surface area (Å²) < 4.78 is 1.85. The van der Waals surface area contributed by atoms with E-state index in [1.54, 1.807) is 17.5 Å². The van der Waals surface area contributed by atoms with Gasteiger partial charge in [-0.25, -0.2) is 9.50 Å². The van der Waals surface area contributed by atoms with Crippen molar-refractivity contribution in [2.75, 3.05) is 11.9 Å². The van der Waals surface area contributed by atoms with E-state index < -0.39 is 0 Å². The van der Waals surface area contributed by atoms with Gasteiger partial charge in [0.1, 0.15) is 0 Å². The lowest BCUT2D eigenvalue weighted by molar-refractivity contribution is 0.371. The summed E-state index contributed by atoms with van der Waals surface area (Å²) in [7, 11) is 0. The zero-order valence-electron chi connectivity index (χ0n) is 14.5. The van der Waals surface area contributed by atoms with Gasteiger partial charge in [0.15, 0.2) is 0 Å². The monoisotopic (exact) mass is 361 g/mol. The van der Waals surface area contributed by atoms with Gasteiger partial charge in [0.05, 0.1) is 11.9 Å². The Bertz CT molecular complexity index is 1010. The van der Waals surface area contributed by atoms with Crippen LogP contribution >= 0.6 is 11.3 Å². The molecule has 0 radical (unpaired) electrons. The Morgan fingerprint density at radius 3 is 2.65 bits per heavy atom. The second kappa shape index (κ2) is 5.92. The normalized spacial score (nSPS) is 15.3. The van der Waals surface area contributed by atoms with E-state index in [0.29, 0.717) is 0 Å². The first kappa shape index (κ1) is 15.5. The Morgan fingerprint density at radius 1 is 1.15 bits per heavy atom. The maximum Gasteiger partial charge on any atom is 0.214 e. The zero-order chi connectivity index (χ0) is 17.6. The molecule has 0 unspecified atom stereocenters. The lowest BCUT2D eigenvalue weighted by Crippen LogP contribution is -2.27. The van der Waals surface area contributed by atoms with Gasteiger partial charge in [-0.2, -0.15) is 0 Å². The van der Waals surface area contributed by atoms with Crippen LogP contribution in [0.25, 0.3) is 16.2 Å². The summed E-state index contributed by atoms with van der Waals surface area (Å²) in [5, 5.41) is 9.09. The van der Waals surface area contributed by atoms with Crippen molar-refractivity contribution >= 4 is 21.4 Å². The van der Waals surface area contributed by atoms with Crippen LogP contribution in [0, 0.1) is 5.41 Å². The fraction of sp³-hybridized carbons (Fsp3) is 0.250. The minimum Gasteiger partial charge on any atom is -0.360 e. The van der Waals surface area contributed by atoms with Gasteiger partial charge in [0, 0.05) is 24.5 Å². The molecule has 26 heavy (non-hydrogen) atoms. The molecule has 0 amide bonds. The lowest BCUT2D eigenvalue weighted by atomic mass is 9.87. The second-order valence-corrected chi connectivity index (χ2v) is 8.24. The molecule has 130 valence electrons. The molecular formula is C20H19N5S. The standard InChI is InChI=1S/C20H19N5S/c1-20(9-14-5-2-3-6-15(14)10-20)13-22-18-24-25-12-17(23-19(25)26-18)16-7-4-8-21-11-16/h2-8,11-12H,9-10,13H2,1H3,(H,22,24). The van der Waals surface area contributed by atoms with E-state index in [1.807, 2.05) is 29.0 Å². The Labute approximate surface area is 155 Å². The van der Waals surface area contributed by atoms with Crippen molar-refractivity contribution in [1.29, 1.82) is 0 Å². The molecule has 0 bridgehead atoms. The summed E-state index contributed by atoms with van der Waals surface area (Å²) in [5.74, 6) is 0. The average molecular weight is 361 g/mol. The average Bonchev–Trinajstić information content (AvgIpc) is 3.31. The van der Waals surface area contributed by atoms with Crippen LogP contribution in [0.2, 0.25) is 0 Å². The summed E-state index contributed by atoms with van der Waals surface area (Å²) in [6.45, 7) is 3.26. The smallest absolute Gasteiger partial charge is 0.214 e. The van der Waals surface area contributed by atoms with Crippen LogP contribution in [0.5, 0.6) is 0 Å². The molecule has 0 saturated heterocycles. The van der Waals surface area contributed by atoms with Crippen LogP contribution in [-0.4, -0.2) is 26.1 Å². The molecule has 1 aromatic carbocycles. The maximum absolute atomic E-state index is 4.67. The summed E-state index contributed by atoms with van der Waals surface area (Å²) in [5.41, 5.74) is 5.11. The molecule has 5 nitrogen and oxygen atoms in total. The summed E-state index contributed by atoms with van der Waals surface area (Å²) >= 11 is 1.59. The topological polar surface area (TPSA) is 55.1 Å². The highest BCUT2D eigenvalue weighted by atomic mass is 32.1. The molecule has 6 heteroatoms. The van der Waals surface area contributed by atoms with Crippen molar-refractivity contribution in [3.8, 4) is 11.3 Å². The number of aromatic nitrogens is 4. The van der Waals surface area contributed by atoms with Crippen LogP contribution < -0.4 is 5.32 Å². The highest BCUT2D eigenvalue weighted by Gasteiger charge is 2.32. The summed E-state index contributed by atoms with van der Waals surface area (Å²) in [6, 6.07) is 12.7. The number of fused-ring (bicyclic) bond motifs is 2. The molecule has 0 atom stereocenters. The number of benzene rings is 1. The van der Waals surface area contributed by atoms with Crippen LogP contribution in [0.4, 0.5) is 5.13 Å². The van der Waals surface area contributed by atoms with Crippen LogP contribution in [-0.2, 0) is 12.8 Å². The van der Waals surface area contributed by atoms with Crippen LogP contribution in [0.15, 0.2) is 55.0 Å². The number of nitrogens with zero attached hydrogens (tertiary/aromatic N) is 4. The molecule has 1 N–H and O–H groups in total. The van der Waals surface area contributed by atoms with Crippen LogP contribution in [0.3, 0.4) is 0 Å². The molecule has 0 spiro atoms. The van der Waals surface area contributed by atoms with E-state index in [9.17, 15) is 0 Å². The third-order valence-corrected chi connectivity index (χ3v) is 5.90. The van der Waals surface area contributed by atoms with Crippen molar-refractivity contribution in [1.82, 2.24) is 19.6 Å². The fourth-order valence-electron chi connectivity index (χ4n) is 3.72. The van der Waals surface area contributed by atoms with Crippen molar-refractivity contribution in [2.45, 2.75) is 19.8 Å². The Balaban J connectivity index is 1.31. The molecule has 0 saturated carbocycles. The predicted molar refractivity (Wildman–Crippen MR) is 105 cm³/mol. The van der Waals surface area contributed by atoms with Crippen molar-refractivity contribution in [3.63, 3.8) is 0 Å². The number of imidazole rings is 1. The number of rotatable bonds is 4. The van der Waals surface area contributed by atoms with E-state index >= 15 is 0 Å². The van der Waals surface area contributed by atoms with E-state index in [1.165, 1.54) is 11.1 Å². The van der Waals surface area contributed by atoms with Gasteiger partial charge in [-0.3, -0.25) is 4.98 Å². The lowest BCUT2D eigenvalue weighted by Gasteiger charge is -2.23. The van der Waals surface area contributed by atoms with Crippen molar-refractivity contribution in [3.05, 3.63) is 66.1 Å². The van der Waals surface area contributed by atoms with Crippen molar-refractivity contribution < 1.29 is 0 Å². The van der Waals surface area contributed by atoms with Gasteiger partial charge in [0.25, 0.3) is 0 Å². The molecule has 1 aliphatic rings. The Kier molecular flexibility index (Phi) is 3.53. The van der Waals surface area contributed by atoms with Gasteiger partial charge < -0.3 is 5.32 Å². The number of nitrogens with one attached hydrogen (secondary N) is 1. The van der Waals surface area contributed by atoms with Gasteiger partial charge in [-0.05, 0) is 41.5 Å². The highest BCUT2D eigenvalue weighted by molar-refractivity contribution is 7.20. The predicted octanol–water partition coefficient (Wildman–Crippen LogP) is 4.07. The molecule has 5 rings (SSSR count). The number of anilines is 1. The van der Waals surface area contributed by atoms with E-state index in [-0.39, 0.29) is 5.41 Å². The number of hydrogen-bond donors (Lipinski definition) is 1. The molecule has 4 aromatic rings. The molecule has 3 aromatic heterocycles. The second-order valence-electron chi connectivity index (χ2n) is 7.29. The first-order valence-corrected chi connectivity index (χ1v) is 9.58.